The first-order valence-corrected chi connectivity index (χ1v) is 9.51. The molecule has 0 spiro atoms. The lowest BCUT2D eigenvalue weighted by Crippen LogP contribution is -2.23. The smallest absolute Gasteiger partial charge is 0.193 e. The van der Waals surface area contributed by atoms with Crippen molar-refractivity contribution in [2.75, 3.05) is 38.3 Å². The molecule has 2 rings (SSSR count). The molecule has 26 heavy (non-hydrogen) atoms. The van der Waals surface area contributed by atoms with Gasteiger partial charge in [-0.2, -0.15) is 0 Å². The van der Waals surface area contributed by atoms with Crippen molar-refractivity contribution in [2.24, 2.45) is 16.6 Å². The molecule has 0 bridgehead atoms. The number of ether oxygens (including phenoxy) is 2. The second-order valence-corrected chi connectivity index (χ2v) is 6.81. The molecule has 0 aliphatic carbocycles. The zero-order valence-corrected chi connectivity index (χ0v) is 18.4. The molecule has 1 saturated heterocycles. The molecule has 0 amide bonds. The molecular weight excluding hydrogens is 441 g/mol. The Bertz CT molecular complexity index is 516. The first-order valence-electron chi connectivity index (χ1n) is 9.51. The zero-order valence-electron chi connectivity index (χ0n) is 16.1. The summed E-state index contributed by atoms with van der Waals surface area (Å²) in [5.41, 5.74) is 8.27. The molecule has 1 aromatic carbocycles. The van der Waals surface area contributed by atoms with E-state index in [2.05, 4.69) is 48.4 Å². The maximum absolute atomic E-state index is 5.95. The number of hydrogen-bond acceptors (Lipinski definition) is 3. The molecule has 1 atom stereocenters. The van der Waals surface area contributed by atoms with Crippen molar-refractivity contribution < 1.29 is 9.47 Å². The number of guanidine groups is 1. The van der Waals surface area contributed by atoms with Gasteiger partial charge in [-0.1, -0.05) is 26.0 Å². The van der Waals surface area contributed by atoms with Gasteiger partial charge >= 0.3 is 0 Å². The van der Waals surface area contributed by atoms with Crippen molar-refractivity contribution in [1.82, 2.24) is 0 Å². The fourth-order valence-corrected chi connectivity index (χ4v) is 2.85. The summed E-state index contributed by atoms with van der Waals surface area (Å²) in [6.45, 7) is 8.44. The molecule has 3 N–H and O–H groups in total. The van der Waals surface area contributed by atoms with Gasteiger partial charge in [0.2, 0.25) is 0 Å². The molecule has 6 heteroatoms. The Balaban J connectivity index is 0.00000338. The number of nitrogens with one attached hydrogen (secondary N) is 1. The Morgan fingerprint density at radius 2 is 2.00 bits per heavy atom. The minimum atomic E-state index is 0. The molecule has 1 aliphatic heterocycles. The quantitative estimate of drug-likeness (QED) is 0.241. The SMILES string of the molecule is CCC(C)c1ccc(NC(N)=NCCCOCC2CCOCC2)cc1.I. The minimum Gasteiger partial charge on any atom is -0.381 e. The van der Waals surface area contributed by atoms with Crippen LogP contribution >= 0.6 is 24.0 Å². The highest BCUT2D eigenvalue weighted by Crippen LogP contribution is 2.20. The van der Waals surface area contributed by atoms with E-state index < -0.39 is 0 Å². The van der Waals surface area contributed by atoms with Gasteiger partial charge in [-0.3, -0.25) is 4.99 Å². The minimum absolute atomic E-state index is 0. The summed E-state index contributed by atoms with van der Waals surface area (Å²) in [5, 5.41) is 3.14. The Morgan fingerprint density at radius 3 is 2.65 bits per heavy atom. The lowest BCUT2D eigenvalue weighted by molar-refractivity contribution is 0.0205. The van der Waals surface area contributed by atoms with Crippen LogP contribution in [0.1, 0.15) is 51.0 Å². The summed E-state index contributed by atoms with van der Waals surface area (Å²) in [7, 11) is 0. The molecule has 5 nitrogen and oxygen atoms in total. The Kier molecular flexibility index (Phi) is 11.9. The summed E-state index contributed by atoms with van der Waals surface area (Å²) >= 11 is 0. The first-order chi connectivity index (χ1) is 12.2. The van der Waals surface area contributed by atoms with Crippen molar-refractivity contribution in [3.05, 3.63) is 29.8 Å². The molecule has 1 fully saturated rings. The number of benzene rings is 1. The second-order valence-electron chi connectivity index (χ2n) is 6.81. The van der Waals surface area contributed by atoms with Gasteiger partial charge in [-0.25, -0.2) is 0 Å². The van der Waals surface area contributed by atoms with E-state index in [4.69, 9.17) is 15.2 Å². The van der Waals surface area contributed by atoms with E-state index in [1.54, 1.807) is 0 Å². The molecule has 1 aromatic rings. The average molecular weight is 475 g/mol. The van der Waals surface area contributed by atoms with Gasteiger partial charge in [0.05, 0.1) is 0 Å². The van der Waals surface area contributed by atoms with Crippen LogP contribution in [0.15, 0.2) is 29.3 Å². The van der Waals surface area contributed by atoms with E-state index in [0.717, 1.165) is 57.8 Å². The van der Waals surface area contributed by atoms with E-state index in [9.17, 15) is 0 Å². The van der Waals surface area contributed by atoms with Crippen molar-refractivity contribution in [3.8, 4) is 0 Å². The summed E-state index contributed by atoms with van der Waals surface area (Å²) in [5.74, 6) is 1.70. The fourth-order valence-electron chi connectivity index (χ4n) is 2.85. The van der Waals surface area contributed by atoms with Crippen LogP contribution in [0.3, 0.4) is 0 Å². The van der Waals surface area contributed by atoms with Crippen LogP contribution in [0.4, 0.5) is 5.69 Å². The fraction of sp³-hybridized carbons (Fsp3) is 0.650. The van der Waals surface area contributed by atoms with E-state index in [0.29, 0.717) is 24.3 Å². The number of aliphatic imine (C=N–C) groups is 1. The molecule has 1 aliphatic rings. The van der Waals surface area contributed by atoms with Gasteiger partial charge in [0.25, 0.3) is 0 Å². The van der Waals surface area contributed by atoms with E-state index in [1.165, 1.54) is 5.56 Å². The topological polar surface area (TPSA) is 68.9 Å². The van der Waals surface area contributed by atoms with Crippen LogP contribution in [0, 0.1) is 5.92 Å². The van der Waals surface area contributed by atoms with E-state index >= 15 is 0 Å². The van der Waals surface area contributed by atoms with Crippen molar-refractivity contribution >= 4 is 35.6 Å². The van der Waals surface area contributed by atoms with Crippen LogP contribution in [0.5, 0.6) is 0 Å². The Labute approximate surface area is 175 Å². The molecular formula is C20H34IN3O2. The molecule has 0 aromatic heterocycles. The number of nitrogens with zero attached hydrogens (tertiary/aromatic N) is 1. The Morgan fingerprint density at radius 1 is 1.31 bits per heavy atom. The van der Waals surface area contributed by atoms with Crippen LogP contribution in [-0.4, -0.2) is 38.9 Å². The summed E-state index contributed by atoms with van der Waals surface area (Å²) < 4.78 is 11.1. The standard InChI is InChI=1S/C20H33N3O2.HI/c1-3-16(2)18-5-7-19(8-6-18)23-20(21)22-11-4-12-25-15-17-9-13-24-14-10-17;/h5-8,16-17H,3-4,9-15H2,1-2H3,(H3,21,22,23);1H. The molecule has 1 unspecified atom stereocenters. The lowest BCUT2D eigenvalue weighted by atomic mass is 9.99. The lowest BCUT2D eigenvalue weighted by Gasteiger charge is -2.21. The maximum atomic E-state index is 5.95. The van der Waals surface area contributed by atoms with Gasteiger partial charge in [0.1, 0.15) is 0 Å². The number of anilines is 1. The van der Waals surface area contributed by atoms with Gasteiger partial charge in [-0.15, -0.1) is 24.0 Å². The van der Waals surface area contributed by atoms with E-state index in [-0.39, 0.29) is 24.0 Å². The summed E-state index contributed by atoms with van der Waals surface area (Å²) in [6, 6.07) is 8.41. The predicted octanol–water partition coefficient (Wildman–Crippen LogP) is 4.38. The third-order valence-electron chi connectivity index (χ3n) is 4.79. The zero-order chi connectivity index (χ0) is 17.9. The average Bonchev–Trinajstić information content (AvgIpc) is 2.65. The predicted molar refractivity (Wildman–Crippen MR) is 120 cm³/mol. The highest BCUT2D eigenvalue weighted by Gasteiger charge is 2.13. The normalized spacial score (nSPS) is 16.8. The molecule has 1 heterocycles. The summed E-state index contributed by atoms with van der Waals surface area (Å²) in [6.07, 6.45) is 4.27. The first kappa shape index (κ1) is 23.2. The van der Waals surface area contributed by atoms with Gasteiger partial charge in [0, 0.05) is 38.7 Å². The van der Waals surface area contributed by atoms with Crippen LogP contribution in [0.2, 0.25) is 0 Å². The number of halogens is 1. The van der Waals surface area contributed by atoms with Gasteiger partial charge in [0.15, 0.2) is 5.96 Å². The Hall–Kier alpha value is -0.860. The molecule has 0 radical (unpaired) electrons. The van der Waals surface area contributed by atoms with Gasteiger partial charge < -0.3 is 20.5 Å². The third kappa shape index (κ3) is 8.68. The molecule has 0 saturated carbocycles. The monoisotopic (exact) mass is 475 g/mol. The van der Waals surface area contributed by atoms with Crippen LogP contribution in [-0.2, 0) is 9.47 Å². The van der Waals surface area contributed by atoms with Crippen molar-refractivity contribution in [3.63, 3.8) is 0 Å². The van der Waals surface area contributed by atoms with Crippen molar-refractivity contribution in [1.29, 1.82) is 0 Å². The van der Waals surface area contributed by atoms with Crippen LogP contribution in [0.25, 0.3) is 0 Å². The highest BCUT2D eigenvalue weighted by atomic mass is 127. The number of nitrogens with two attached hydrogens (primary N) is 1. The maximum Gasteiger partial charge on any atom is 0.193 e. The number of rotatable bonds is 9. The summed E-state index contributed by atoms with van der Waals surface area (Å²) in [4.78, 5) is 4.36. The highest BCUT2D eigenvalue weighted by molar-refractivity contribution is 14.0. The second kappa shape index (κ2) is 13.3. The van der Waals surface area contributed by atoms with Gasteiger partial charge in [-0.05, 0) is 55.2 Å². The van der Waals surface area contributed by atoms with Crippen molar-refractivity contribution in [2.45, 2.75) is 45.4 Å². The largest absolute Gasteiger partial charge is 0.381 e. The van der Waals surface area contributed by atoms with Crippen LogP contribution < -0.4 is 11.1 Å². The van der Waals surface area contributed by atoms with E-state index in [1.807, 2.05) is 0 Å². The number of hydrogen-bond donors (Lipinski definition) is 2. The molecule has 148 valence electrons. The third-order valence-corrected chi connectivity index (χ3v) is 4.79.